The maximum atomic E-state index is 10.6. The normalized spacial score (nSPS) is 12.0. The Balaban J connectivity index is 1.99. The van der Waals surface area contributed by atoms with Crippen LogP contribution >= 0.6 is 0 Å². The van der Waals surface area contributed by atoms with Crippen LogP contribution in [-0.4, -0.2) is 59.8 Å². The Hall–Kier alpha value is -3.13. The van der Waals surface area contributed by atoms with Gasteiger partial charge < -0.3 is 19.3 Å². The summed E-state index contributed by atoms with van der Waals surface area (Å²) in [7, 11) is 3.33. The Kier molecular flexibility index (Phi) is 10.3. The summed E-state index contributed by atoms with van der Waals surface area (Å²) in [6.45, 7) is 8.22. The topological polar surface area (TPSA) is 69.0 Å². The van der Waals surface area contributed by atoms with Gasteiger partial charge in [0.15, 0.2) is 0 Å². The van der Waals surface area contributed by atoms with Crippen molar-refractivity contribution in [3.05, 3.63) is 78.5 Å². The third kappa shape index (κ3) is 7.42. The van der Waals surface area contributed by atoms with Crippen LogP contribution in [0.15, 0.2) is 67.3 Å². The van der Waals surface area contributed by atoms with Crippen LogP contribution in [0.4, 0.5) is 0 Å². The number of benzene rings is 2. The van der Waals surface area contributed by atoms with Crippen molar-refractivity contribution in [1.29, 1.82) is 0 Å². The minimum Gasteiger partial charge on any atom is -0.497 e. The predicted molar refractivity (Wildman–Crippen MR) is 139 cm³/mol. The summed E-state index contributed by atoms with van der Waals surface area (Å²) in [4.78, 5) is 2.20. The van der Waals surface area contributed by atoms with Gasteiger partial charge in [-0.1, -0.05) is 31.2 Å². The van der Waals surface area contributed by atoms with Gasteiger partial charge in [-0.25, -0.2) is 4.68 Å². The van der Waals surface area contributed by atoms with Crippen molar-refractivity contribution in [2.75, 3.05) is 33.9 Å². The van der Waals surface area contributed by atoms with E-state index in [0.717, 1.165) is 35.5 Å². The van der Waals surface area contributed by atoms with E-state index < -0.39 is 6.10 Å². The van der Waals surface area contributed by atoms with E-state index in [-0.39, 0.29) is 0 Å². The Bertz CT molecular complexity index is 1030. The smallest absolute Gasteiger partial charge is 0.227 e. The van der Waals surface area contributed by atoms with Crippen LogP contribution in [0.2, 0.25) is 0 Å². The molecule has 0 spiro atoms. The van der Waals surface area contributed by atoms with Crippen LogP contribution in [0.3, 0.4) is 0 Å². The molecule has 0 aliphatic heterocycles. The summed E-state index contributed by atoms with van der Waals surface area (Å²) in [5.41, 5.74) is 2.88. The first-order valence-electron chi connectivity index (χ1n) is 12.1. The minimum atomic E-state index is -0.454. The fourth-order valence-electron chi connectivity index (χ4n) is 3.90. The van der Waals surface area contributed by atoms with E-state index >= 15 is 0 Å². The van der Waals surface area contributed by atoms with Crippen LogP contribution in [-0.2, 0) is 17.7 Å². The van der Waals surface area contributed by atoms with Crippen LogP contribution in [0, 0.1) is 0 Å². The molecule has 1 N–H and O–H groups in total. The highest BCUT2D eigenvalue weighted by atomic mass is 16.5. The van der Waals surface area contributed by atoms with E-state index in [1.54, 1.807) is 14.2 Å². The number of allylic oxidation sites excluding steroid dienone is 1. The average Bonchev–Trinajstić information content (AvgIpc) is 3.23. The number of aromatic nitrogens is 2. The fraction of sp³-hybridized carbons (Fsp3) is 0.393. The van der Waals surface area contributed by atoms with Crippen molar-refractivity contribution in [1.82, 2.24) is 14.7 Å². The molecule has 0 amide bonds. The molecule has 7 nitrogen and oxygen atoms in total. The van der Waals surface area contributed by atoms with Crippen LogP contribution < -0.4 is 9.47 Å². The zero-order valence-corrected chi connectivity index (χ0v) is 21.0. The maximum absolute atomic E-state index is 10.6. The van der Waals surface area contributed by atoms with E-state index in [0.29, 0.717) is 44.3 Å². The molecule has 7 heteroatoms. The molecule has 3 aromatic rings. The largest absolute Gasteiger partial charge is 0.497 e. The molecule has 0 saturated heterocycles. The van der Waals surface area contributed by atoms with Gasteiger partial charge in [0.2, 0.25) is 5.88 Å². The van der Waals surface area contributed by atoms with Crippen LogP contribution in [0.5, 0.6) is 17.4 Å². The van der Waals surface area contributed by atoms with Crippen molar-refractivity contribution >= 4 is 0 Å². The van der Waals surface area contributed by atoms with Crippen molar-refractivity contribution in [3.8, 4) is 23.1 Å². The van der Waals surface area contributed by atoms with Gasteiger partial charge in [0.05, 0.1) is 36.8 Å². The zero-order chi connectivity index (χ0) is 25.0. The molecule has 0 bridgehead atoms. The Morgan fingerprint density at radius 1 is 1.09 bits per heavy atom. The number of aliphatic hydroxyl groups excluding tert-OH is 1. The molecule has 0 saturated carbocycles. The quantitative estimate of drug-likeness (QED) is 0.309. The van der Waals surface area contributed by atoms with Crippen LogP contribution in [0.25, 0.3) is 5.69 Å². The summed E-state index contributed by atoms with van der Waals surface area (Å²) < 4.78 is 19.0. The lowest BCUT2D eigenvalue weighted by atomic mass is 10.1. The summed E-state index contributed by atoms with van der Waals surface area (Å²) in [6.07, 6.45) is 3.59. The maximum Gasteiger partial charge on any atom is 0.227 e. The lowest BCUT2D eigenvalue weighted by Gasteiger charge is -2.25. The second-order valence-electron chi connectivity index (χ2n) is 8.36. The number of rotatable bonds is 15. The zero-order valence-electron chi connectivity index (χ0n) is 21.0. The van der Waals surface area contributed by atoms with Gasteiger partial charge >= 0.3 is 0 Å². The lowest BCUT2D eigenvalue weighted by Crippen LogP contribution is -2.34. The highest BCUT2D eigenvalue weighted by Crippen LogP contribution is 2.33. The summed E-state index contributed by atoms with van der Waals surface area (Å²) in [5.74, 6) is 2.13. The molecule has 0 unspecified atom stereocenters. The number of hydrogen-bond donors (Lipinski definition) is 1. The van der Waals surface area contributed by atoms with Gasteiger partial charge in [-0.3, -0.25) is 4.90 Å². The monoisotopic (exact) mass is 479 g/mol. The molecule has 1 atom stereocenters. The molecular formula is C28H37N3O4. The first kappa shape index (κ1) is 26.5. The second kappa shape index (κ2) is 13.7. The van der Waals surface area contributed by atoms with Gasteiger partial charge in [-0.2, -0.15) is 5.10 Å². The van der Waals surface area contributed by atoms with E-state index in [1.165, 1.54) is 0 Å². The van der Waals surface area contributed by atoms with Crippen molar-refractivity contribution in [2.45, 2.75) is 38.8 Å². The number of hydrogen-bond acceptors (Lipinski definition) is 6. The lowest BCUT2D eigenvalue weighted by molar-refractivity contribution is 0.0804. The summed E-state index contributed by atoms with van der Waals surface area (Å²) >= 11 is 0. The number of methoxy groups -OCH3 is 2. The Morgan fingerprint density at radius 3 is 2.43 bits per heavy atom. The van der Waals surface area contributed by atoms with Gasteiger partial charge in [-0.15, -0.1) is 6.58 Å². The SMILES string of the molecule is C=CCC[C@@H](O)CN(CCOC)Cc1c(CC)nn(-c2ccccc2)c1Oc1ccc(OC)cc1. The molecule has 0 aliphatic carbocycles. The third-order valence-corrected chi connectivity index (χ3v) is 5.80. The summed E-state index contributed by atoms with van der Waals surface area (Å²) in [6, 6.07) is 17.5. The second-order valence-corrected chi connectivity index (χ2v) is 8.36. The van der Waals surface area contributed by atoms with Gasteiger partial charge in [-0.05, 0) is 55.7 Å². The molecule has 0 aliphatic rings. The van der Waals surface area contributed by atoms with Gasteiger partial charge in [0.25, 0.3) is 0 Å². The number of aryl methyl sites for hydroxylation is 1. The standard InChI is InChI=1S/C28H37N3O4/c1-5-7-13-23(32)20-30(18-19-33-3)21-26-27(6-2)29-31(22-11-9-8-10-12-22)28(26)35-25-16-14-24(34-4)15-17-25/h5,8-12,14-17,23,32H,1,6-7,13,18-21H2,2-4H3/t23-/m1/s1. The number of para-hydroxylation sites is 1. The highest BCUT2D eigenvalue weighted by molar-refractivity contribution is 5.44. The first-order valence-corrected chi connectivity index (χ1v) is 12.1. The molecule has 3 rings (SSSR count). The molecule has 1 aromatic heterocycles. The van der Waals surface area contributed by atoms with E-state index in [9.17, 15) is 5.11 Å². The molecular weight excluding hydrogens is 442 g/mol. The molecule has 1 heterocycles. The van der Waals surface area contributed by atoms with Gasteiger partial charge in [0.1, 0.15) is 11.5 Å². The highest BCUT2D eigenvalue weighted by Gasteiger charge is 2.23. The molecule has 0 radical (unpaired) electrons. The third-order valence-electron chi connectivity index (χ3n) is 5.80. The van der Waals surface area contributed by atoms with E-state index in [1.807, 2.05) is 65.4 Å². The van der Waals surface area contributed by atoms with Crippen molar-refractivity contribution in [3.63, 3.8) is 0 Å². The molecule has 188 valence electrons. The fourth-order valence-corrected chi connectivity index (χ4v) is 3.90. The van der Waals surface area contributed by atoms with Gasteiger partial charge in [0, 0.05) is 26.7 Å². The number of ether oxygens (including phenoxy) is 3. The van der Waals surface area contributed by atoms with Crippen molar-refractivity contribution in [2.24, 2.45) is 0 Å². The molecule has 0 fully saturated rings. The predicted octanol–water partition coefficient (Wildman–Crippen LogP) is 5.01. The molecule has 2 aromatic carbocycles. The molecule has 35 heavy (non-hydrogen) atoms. The van der Waals surface area contributed by atoms with E-state index in [4.69, 9.17) is 19.3 Å². The Morgan fingerprint density at radius 2 is 1.80 bits per heavy atom. The van der Waals surface area contributed by atoms with Crippen molar-refractivity contribution < 1.29 is 19.3 Å². The first-order chi connectivity index (χ1) is 17.1. The number of nitrogens with zero attached hydrogens (tertiary/aromatic N) is 3. The minimum absolute atomic E-state index is 0.454. The Labute approximate surface area is 208 Å². The van der Waals surface area contributed by atoms with Crippen LogP contribution in [0.1, 0.15) is 31.0 Å². The summed E-state index contributed by atoms with van der Waals surface area (Å²) in [5, 5.41) is 15.5. The van der Waals surface area contributed by atoms with E-state index in [2.05, 4.69) is 18.4 Å². The average molecular weight is 480 g/mol. The number of aliphatic hydroxyl groups is 1.